The van der Waals surface area contributed by atoms with Crippen molar-refractivity contribution in [3.8, 4) is 0 Å². The SMILES string of the molecule is COCCC(C)C(=O)C1CCCN1C1CCNCC1. The number of likely N-dealkylation sites (tertiary alicyclic amines) is 1. The minimum absolute atomic E-state index is 0.132. The first kappa shape index (κ1) is 14.9. The maximum Gasteiger partial charge on any atom is 0.152 e. The van der Waals surface area contributed by atoms with Crippen molar-refractivity contribution in [2.24, 2.45) is 5.92 Å². The number of hydrogen-bond acceptors (Lipinski definition) is 4. The second-order valence-electron chi connectivity index (χ2n) is 5.96. The number of nitrogens with one attached hydrogen (secondary N) is 1. The van der Waals surface area contributed by atoms with Gasteiger partial charge in [0.1, 0.15) is 0 Å². The van der Waals surface area contributed by atoms with Crippen LogP contribution in [-0.4, -0.2) is 56.1 Å². The number of Topliss-reactive ketones (excluding diaryl/α,β-unsaturated/α-hetero) is 1. The molecule has 4 nitrogen and oxygen atoms in total. The molecule has 19 heavy (non-hydrogen) atoms. The lowest BCUT2D eigenvalue weighted by atomic mass is 9.94. The minimum atomic E-state index is 0.132. The molecule has 4 heteroatoms. The molecule has 0 radical (unpaired) electrons. The molecule has 0 aromatic heterocycles. The van der Waals surface area contributed by atoms with Gasteiger partial charge in [0.2, 0.25) is 0 Å². The third-order valence-electron chi connectivity index (χ3n) is 4.64. The number of carbonyl (C=O) groups excluding carboxylic acids is 1. The summed E-state index contributed by atoms with van der Waals surface area (Å²) >= 11 is 0. The summed E-state index contributed by atoms with van der Waals surface area (Å²) in [5.41, 5.74) is 0. The van der Waals surface area contributed by atoms with Crippen molar-refractivity contribution in [2.45, 2.75) is 51.1 Å². The van der Waals surface area contributed by atoms with E-state index in [2.05, 4.69) is 17.1 Å². The van der Waals surface area contributed by atoms with Gasteiger partial charge in [-0.2, -0.15) is 0 Å². The van der Waals surface area contributed by atoms with Crippen LogP contribution in [0.3, 0.4) is 0 Å². The van der Waals surface area contributed by atoms with E-state index in [4.69, 9.17) is 4.74 Å². The second-order valence-corrected chi connectivity index (χ2v) is 5.96. The van der Waals surface area contributed by atoms with Crippen LogP contribution in [0.2, 0.25) is 0 Å². The Hall–Kier alpha value is -0.450. The van der Waals surface area contributed by atoms with E-state index < -0.39 is 0 Å². The third kappa shape index (κ3) is 3.77. The molecule has 2 heterocycles. The summed E-state index contributed by atoms with van der Waals surface area (Å²) < 4.78 is 5.09. The van der Waals surface area contributed by atoms with Gasteiger partial charge >= 0.3 is 0 Å². The van der Waals surface area contributed by atoms with Crippen LogP contribution < -0.4 is 5.32 Å². The van der Waals surface area contributed by atoms with Gasteiger partial charge in [-0.1, -0.05) is 6.92 Å². The van der Waals surface area contributed by atoms with Crippen LogP contribution in [0.5, 0.6) is 0 Å². The quantitative estimate of drug-likeness (QED) is 0.791. The molecule has 0 amide bonds. The van der Waals surface area contributed by atoms with Crippen molar-refractivity contribution in [1.82, 2.24) is 10.2 Å². The Kier molecular flexibility index (Phi) is 5.79. The number of rotatable bonds is 6. The fraction of sp³-hybridized carbons (Fsp3) is 0.933. The van der Waals surface area contributed by atoms with E-state index in [1.54, 1.807) is 7.11 Å². The molecule has 0 spiro atoms. The average Bonchev–Trinajstić information content (AvgIpc) is 2.94. The molecule has 2 atom stereocenters. The highest BCUT2D eigenvalue weighted by atomic mass is 16.5. The number of methoxy groups -OCH3 is 1. The van der Waals surface area contributed by atoms with E-state index in [1.807, 2.05) is 0 Å². The van der Waals surface area contributed by atoms with Crippen molar-refractivity contribution in [2.75, 3.05) is 33.4 Å². The van der Waals surface area contributed by atoms with Gasteiger partial charge in [0.05, 0.1) is 6.04 Å². The van der Waals surface area contributed by atoms with E-state index >= 15 is 0 Å². The maximum atomic E-state index is 12.6. The summed E-state index contributed by atoms with van der Waals surface area (Å²) in [5, 5.41) is 3.40. The van der Waals surface area contributed by atoms with Gasteiger partial charge in [-0.25, -0.2) is 0 Å². The molecular formula is C15H28N2O2. The fourth-order valence-corrected chi connectivity index (χ4v) is 3.44. The zero-order chi connectivity index (χ0) is 13.7. The molecule has 2 fully saturated rings. The topological polar surface area (TPSA) is 41.6 Å². The van der Waals surface area contributed by atoms with E-state index in [-0.39, 0.29) is 12.0 Å². The highest BCUT2D eigenvalue weighted by Gasteiger charge is 2.36. The molecule has 0 bridgehead atoms. The first-order valence-electron chi connectivity index (χ1n) is 7.73. The fourth-order valence-electron chi connectivity index (χ4n) is 3.44. The Morgan fingerprint density at radius 2 is 2.11 bits per heavy atom. The maximum absolute atomic E-state index is 12.6. The molecule has 0 aliphatic carbocycles. The summed E-state index contributed by atoms with van der Waals surface area (Å²) in [6, 6.07) is 0.794. The number of ether oxygens (including phenoxy) is 1. The molecule has 2 rings (SSSR count). The number of piperidine rings is 1. The molecule has 1 N–H and O–H groups in total. The Bertz CT molecular complexity index is 290. The zero-order valence-corrected chi connectivity index (χ0v) is 12.4. The van der Waals surface area contributed by atoms with E-state index in [1.165, 1.54) is 19.3 Å². The number of ketones is 1. The van der Waals surface area contributed by atoms with Gasteiger partial charge < -0.3 is 10.1 Å². The Balaban J connectivity index is 1.91. The van der Waals surface area contributed by atoms with Crippen LogP contribution in [0.4, 0.5) is 0 Å². The van der Waals surface area contributed by atoms with Crippen molar-refractivity contribution < 1.29 is 9.53 Å². The number of carbonyl (C=O) groups is 1. The highest BCUT2D eigenvalue weighted by molar-refractivity contribution is 5.86. The van der Waals surface area contributed by atoms with Gasteiger partial charge in [-0.05, 0) is 51.7 Å². The van der Waals surface area contributed by atoms with E-state index in [9.17, 15) is 4.79 Å². The van der Waals surface area contributed by atoms with Crippen molar-refractivity contribution >= 4 is 5.78 Å². The first-order valence-corrected chi connectivity index (χ1v) is 7.73. The van der Waals surface area contributed by atoms with E-state index in [0.29, 0.717) is 18.4 Å². The average molecular weight is 268 g/mol. The van der Waals surface area contributed by atoms with Crippen molar-refractivity contribution in [1.29, 1.82) is 0 Å². The Morgan fingerprint density at radius 1 is 1.37 bits per heavy atom. The summed E-state index contributed by atoms with van der Waals surface area (Å²) in [6.07, 6.45) is 5.47. The van der Waals surface area contributed by atoms with Crippen LogP contribution in [0, 0.1) is 5.92 Å². The van der Waals surface area contributed by atoms with Crippen molar-refractivity contribution in [3.63, 3.8) is 0 Å². The molecule has 2 aliphatic heterocycles. The number of nitrogens with zero attached hydrogens (tertiary/aromatic N) is 1. The smallest absolute Gasteiger partial charge is 0.152 e. The highest BCUT2D eigenvalue weighted by Crippen LogP contribution is 2.27. The largest absolute Gasteiger partial charge is 0.385 e. The van der Waals surface area contributed by atoms with Crippen LogP contribution in [-0.2, 0) is 9.53 Å². The predicted molar refractivity (Wildman–Crippen MR) is 76.3 cm³/mol. The summed E-state index contributed by atoms with van der Waals surface area (Å²) in [4.78, 5) is 15.1. The normalized spacial score (nSPS) is 27.6. The molecule has 0 aromatic rings. The summed E-state index contributed by atoms with van der Waals surface area (Å²) in [5.74, 6) is 0.570. The van der Waals surface area contributed by atoms with Crippen LogP contribution in [0.25, 0.3) is 0 Å². The molecule has 2 saturated heterocycles. The lowest BCUT2D eigenvalue weighted by Gasteiger charge is -2.36. The van der Waals surface area contributed by atoms with Gasteiger partial charge in [-0.3, -0.25) is 9.69 Å². The third-order valence-corrected chi connectivity index (χ3v) is 4.64. The number of hydrogen-bond donors (Lipinski definition) is 1. The van der Waals surface area contributed by atoms with Crippen molar-refractivity contribution in [3.05, 3.63) is 0 Å². The summed E-state index contributed by atoms with van der Waals surface area (Å²) in [6.45, 7) is 6.05. The van der Waals surface area contributed by atoms with E-state index in [0.717, 1.165) is 32.5 Å². The Morgan fingerprint density at radius 3 is 2.79 bits per heavy atom. The Labute approximate surface area is 116 Å². The molecule has 2 aliphatic rings. The lowest BCUT2D eigenvalue weighted by molar-refractivity contribution is -0.128. The van der Waals surface area contributed by atoms with Crippen LogP contribution in [0.15, 0.2) is 0 Å². The zero-order valence-electron chi connectivity index (χ0n) is 12.4. The lowest BCUT2D eigenvalue weighted by Crippen LogP contribution is -2.48. The van der Waals surface area contributed by atoms with Crippen LogP contribution >= 0.6 is 0 Å². The molecule has 0 aromatic carbocycles. The predicted octanol–water partition coefficient (Wildman–Crippen LogP) is 1.44. The van der Waals surface area contributed by atoms with Gasteiger partial charge in [-0.15, -0.1) is 0 Å². The molecular weight excluding hydrogens is 240 g/mol. The van der Waals surface area contributed by atoms with Crippen LogP contribution in [0.1, 0.15) is 39.0 Å². The summed E-state index contributed by atoms with van der Waals surface area (Å²) in [7, 11) is 1.70. The first-order chi connectivity index (χ1) is 9.24. The monoisotopic (exact) mass is 268 g/mol. The second kappa shape index (κ2) is 7.36. The molecule has 2 unspecified atom stereocenters. The van der Waals surface area contributed by atoms with Gasteiger partial charge in [0.25, 0.3) is 0 Å². The molecule has 0 saturated carbocycles. The van der Waals surface area contributed by atoms with Gasteiger partial charge in [0, 0.05) is 25.7 Å². The standard InChI is InChI=1S/C15H28N2O2/c1-12(7-11-19-2)15(18)14-4-3-10-17(14)13-5-8-16-9-6-13/h12-14,16H,3-11H2,1-2H3. The minimum Gasteiger partial charge on any atom is -0.385 e. The molecule has 110 valence electrons. The van der Waals surface area contributed by atoms with Gasteiger partial charge in [0.15, 0.2) is 5.78 Å².